The van der Waals surface area contributed by atoms with Crippen LogP contribution >= 0.6 is 11.6 Å². The molecule has 0 aliphatic rings. The smallest absolute Gasteiger partial charge is 0.395 e. The fourth-order valence-corrected chi connectivity index (χ4v) is 1.52. The summed E-state index contributed by atoms with van der Waals surface area (Å²) in [6.07, 6.45) is 1.55. The largest absolute Gasteiger partial charge is 0.433 e. The zero-order valence-electron chi connectivity index (χ0n) is 9.71. The summed E-state index contributed by atoms with van der Waals surface area (Å²) < 4.78 is 4.77. The second-order valence-corrected chi connectivity index (χ2v) is 4.06. The first-order valence-electron chi connectivity index (χ1n) is 5.15. The van der Waals surface area contributed by atoms with Crippen LogP contribution in [0.3, 0.4) is 0 Å². The Labute approximate surface area is 112 Å². The molecule has 19 heavy (non-hydrogen) atoms. The predicted molar refractivity (Wildman–Crippen MR) is 67.3 cm³/mol. The normalized spacial score (nSPS) is 10.2. The Balaban J connectivity index is 2.20. The molecule has 0 bridgehead atoms. The lowest BCUT2D eigenvalue weighted by Gasteiger charge is -2.05. The molecule has 0 saturated carbocycles. The van der Waals surface area contributed by atoms with Gasteiger partial charge in [-0.15, -0.1) is 0 Å². The van der Waals surface area contributed by atoms with E-state index in [1.165, 1.54) is 6.07 Å². The molecule has 0 radical (unpaired) electrons. The second kappa shape index (κ2) is 5.07. The molecule has 7 nitrogen and oxygen atoms in total. The summed E-state index contributed by atoms with van der Waals surface area (Å²) in [5.74, 6) is -1.31. The average Bonchev–Trinajstić information content (AvgIpc) is 2.83. The van der Waals surface area contributed by atoms with Gasteiger partial charge in [0.2, 0.25) is 0 Å². The Kier molecular flexibility index (Phi) is 3.48. The molecule has 0 saturated heterocycles. The van der Waals surface area contributed by atoms with Crippen molar-refractivity contribution in [2.24, 2.45) is 0 Å². The van der Waals surface area contributed by atoms with Gasteiger partial charge < -0.3 is 9.73 Å². The molecule has 0 aromatic carbocycles. The summed E-state index contributed by atoms with van der Waals surface area (Å²) in [6, 6.07) is 3.94. The monoisotopic (exact) mass is 281 g/mol. The summed E-state index contributed by atoms with van der Waals surface area (Å²) in [4.78, 5) is 25.4. The van der Waals surface area contributed by atoms with Gasteiger partial charge in [-0.2, -0.15) is 0 Å². The number of rotatable bonds is 3. The topological polar surface area (TPSA) is 98.3 Å². The minimum Gasteiger partial charge on any atom is -0.395 e. The standard InChI is InChI=1S/C11H8ClN3O4/c1-6-4-7(10(12)13-5-6)14-11(16)8-2-3-9(19-8)15(17)18/h2-5H,1H3,(H,14,16). The first-order valence-corrected chi connectivity index (χ1v) is 5.53. The van der Waals surface area contributed by atoms with Crippen LogP contribution in [0.4, 0.5) is 11.6 Å². The van der Waals surface area contributed by atoms with Gasteiger partial charge >= 0.3 is 5.88 Å². The maximum Gasteiger partial charge on any atom is 0.433 e. The lowest BCUT2D eigenvalue weighted by atomic mass is 10.3. The summed E-state index contributed by atoms with van der Waals surface area (Å²) in [6.45, 7) is 1.79. The maximum atomic E-state index is 11.8. The number of nitro groups is 1. The van der Waals surface area contributed by atoms with Crippen molar-refractivity contribution in [2.75, 3.05) is 5.32 Å². The molecule has 0 spiro atoms. The van der Waals surface area contributed by atoms with Crippen molar-refractivity contribution in [3.8, 4) is 0 Å². The third-order valence-electron chi connectivity index (χ3n) is 2.22. The molecule has 1 N–H and O–H groups in total. The number of anilines is 1. The molecule has 2 aromatic heterocycles. The number of amides is 1. The summed E-state index contributed by atoms with van der Waals surface area (Å²) in [5, 5.41) is 13.0. The number of carbonyl (C=O) groups is 1. The van der Waals surface area contributed by atoms with Crippen LogP contribution in [0.2, 0.25) is 5.15 Å². The highest BCUT2D eigenvalue weighted by molar-refractivity contribution is 6.32. The van der Waals surface area contributed by atoms with E-state index in [0.717, 1.165) is 11.6 Å². The zero-order valence-corrected chi connectivity index (χ0v) is 10.5. The van der Waals surface area contributed by atoms with Crippen LogP contribution in [0.1, 0.15) is 16.1 Å². The van der Waals surface area contributed by atoms with Crippen molar-refractivity contribution in [3.63, 3.8) is 0 Å². The van der Waals surface area contributed by atoms with Crippen molar-refractivity contribution in [2.45, 2.75) is 6.92 Å². The average molecular weight is 282 g/mol. The molecule has 0 aliphatic heterocycles. The molecule has 2 rings (SSSR count). The number of hydrogen-bond donors (Lipinski definition) is 1. The van der Waals surface area contributed by atoms with Gasteiger partial charge in [0.1, 0.15) is 4.92 Å². The number of aryl methyl sites for hydroxylation is 1. The number of hydrogen-bond acceptors (Lipinski definition) is 5. The Bertz CT molecular complexity index is 653. The number of aromatic nitrogens is 1. The van der Waals surface area contributed by atoms with Gasteiger partial charge in [-0.1, -0.05) is 11.6 Å². The highest BCUT2D eigenvalue weighted by Crippen LogP contribution is 2.22. The van der Waals surface area contributed by atoms with E-state index < -0.39 is 16.7 Å². The van der Waals surface area contributed by atoms with Gasteiger partial charge in [-0.3, -0.25) is 14.9 Å². The third-order valence-corrected chi connectivity index (χ3v) is 2.52. The molecule has 0 unspecified atom stereocenters. The third kappa shape index (κ3) is 2.89. The van der Waals surface area contributed by atoms with Crippen LogP contribution in [0.25, 0.3) is 0 Å². The van der Waals surface area contributed by atoms with E-state index in [0.29, 0.717) is 5.69 Å². The highest BCUT2D eigenvalue weighted by Gasteiger charge is 2.18. The maximum absolute atomic E-state index is 11.8. The Morgan fingerprint density at radius 2 is 2.26 bits per heavy atom. The fraction of sp³-hybridized carbons (Fsp3) is 0.0909. The second-order valence-electron chi connectivity index (χ2n) is 3.70. The van der Waals surface area contributed by atoms with Crippen LogP contribution in [0, 0.1) is 17.0 Å². The van der Waals surface area contributed by atoms with Crippen LogP contribution in [-0.4, -0.2) is 15.8 Å². The van der Waals surface area contributed by atoms with Gasteiger partial charge in [0.25, 0.3) is 5.91 Å². The predicted octanol–water partition coefficient (Wildman–Crippen LogP) is 2.80. The van der Waals surface area contributed by atoms with Crippen LogP contribution in [-0.2, 0) is 0 Å². The minimum atomic E-state index is -0.724. The SMILES string of the molecule is Cc1cnc(Cl)c(NC(=O)c2ccc([N+](=O)[O-])o2)c1. The first kappa shape index (κ1) is 13.0. The molecule has 1 amide bonds. The van der Waals surface area contributed by atoms with Gasteiger partial charge in [0.05, 0.1) is 11.8 Å². The van der Waals surface area contributed by atoms with E-state index in [1.54, 1.807) is 19.2 Å². The van der Waals surface area contributed by atoms with E-state index >= 15 is 0 Å². The zero-order chi connectivity index (χ0) is 14.0. The van der Waals surface area contributed by atoms with E-state index in [1.807, 2.05) is 0 Å². The Hall–Kier alpha value is -2.41. The molecule has 98 valence electrons. The van der Waals surface area contributed by atoms with Crippen molar-refractivity contribution >= 4 is 29.1 Å². The van der Waals surface area contributed by atoms with Crippen LogP contribution in [0.5, 0.6) is 0 Å². The molecular formula is C11H8ClN3O4. The van der Waals surface area contributed by atoms with E-state index in [9.17, 15) is 14.9 Å². The number of halogens is 1. The number of furan rings is 1. The lowest BCUT2D eigenvalue weighted by Crippen LogP contribution is -2.11. The quantitative estimate of drug-likeness (QED) is 0.530. The van der Waals surface area contributed by atoms with E-state index in [2.05, 4.69) is 10.3 Å². The van der Waals surface area contributed by atoms with E-state index in [4.69, 9.17) is 16.0 Å². The van der Waals surface area contributed by atoms with Gasteiger partial charge in [0.15, 0.2) is 10.9 Å². The lowest BCUT2D eigenvalue weighted by molar-refractivity contribution is -0.402. The van der Waals surface area contributed by atoms with Gasteiger partial charge in [0, 0.05) is 6.20 Å². The molecule has 0 aliphatic carbocycles. The Morgan fingerprint density at radius 3 is 2.89 bits per heavy atom. The van der Waals surface area contributed by atoms with Crippen LogP contribution in [0.15, 0.2) is 28.8 Å². The van der Waals surface area contributed by atoms with Crippen molar-refractivity contribution in [1.82, 2.24) is 4.98 Å². The first-order chi connectivity index (χ1) is 8.97. The molecule has 0 fully saturated rings. The Morgan fingerprint density at radius 1 is 1.53 bits per heavy atom. The van der Waals surface area contributed by atoms with Gasteiger partial charge in [-0.25, -0.2) is 4.98 Å². The minimum absolute atomic E-state index is 0.125. The van der Waals surface area contributed by atoms with Crippen molar-refractivity contribution in [1.29, 1.82) is 0 Å². The summed E-state index contributed by atoms with van der Waals surface area (Å²) >= 11 is 5.82. The molecule has 8 heteroatoms. The van der Waals surface area contributed by atoms with Crippen molar-refractivity contribution in [3.05, 3.63) is 51.0 Å². The number of nitrogens with zero attached hydrogens (tertiary/aromatic N) is 2. The molecule has 2 heterocycles. The number of carbonyl (C=O) groups excluding carboxylic acids is 1. The fourth-order valence-electron chi connectivity index (χ4n) is 1.37. The summed E-state index contributed by atoms with van der Waals surface area (Å²) in [7, 11) is 0. The molecule has 0 atom stereocenters. The van der Waals surface area contributed by atoms with Gasteiger partial charge in [-0.05, 0) is 24.6 Å². The molecule has 2 aromatic rings. The highest BCUT2D eigenvalue weighted by atomic mass is 35.5. The van der Waals surface area contributed by atoms with Crippen LogP contribution < -0.4 is 5.32 Å². The van der Waals surface area contributed by atoms with E-state index in [-0.39, 0.29) is 10.9 Å². The number of nitrogens with one attached hydrogen (secondary N) is 1. The molecular weight excluding hydrogens is 274 g/mol. The number of pyridine rings is 1. The van der Waals surface area contributed by atoms with Crippen molar-refractivity contribution < 1.29 is 14.1 Å². The summed E-state index contributed by atoms with van der Waals surface area (Å²) in [5.41, 5.74) is 1.12.